The number of carbonyl (C=O) groups excluding carboxylic acids is 1. The molecule has 0 aliphatic carbocycles. The molecule has 2 atom stereocenters. The van der Waals surface area contributed by atoms with E-state index in [9.17, 15) is 4.79 Å². The second-order valence-electron chi connectivity index (χ2n) is 6.02. The highest BCUT2D eigenvalue weighted by Gasteiger charge is 2.25. The van der Waals surface area contributed by atoms with E-state index in [-0.39, 0.29) is 18.1 Å². The first-order chi connectivity index (χ1) is 9.92. The Kier molecular flexibility index (Phi) is 5.04. The van der Waals surface area contributed by atoms with Crippen LogP contribution in [0.5, 0.6) is 0 Å². The number of hydrogen-bond acceptors (Lipinski definition) is 3. The summed E-state index contributed by atoms with van der Waals surface area (Å²) in [5, 5.41) is 4.51. The largest absolute Gasteiger partial charge is 0.372 e. The summed E-state index contributed by atoms with van der Waals surface area (Å²) in [5.74, 6) is 0.222. The van der Waals surface area contributed by atoms with Gasteiger partial charge < -0.3 is 9.64 Å². The molecule has 0 spiro atoms. The lowest BCUT2D eigenvalue weighted by Gasteiger charge is -2.35. The molecule has 2 heterocycles. The normalized spacial score (nSPS) is 22.6. The van der Waals surface area contributed by atoms with Crippen LogP contribution < -0.4 is 0 Å². The summed E-state index contributed by atoms with van der Waals surface area (Å²) in [5.41, 5.74) is 3.46. The molecule has 5 heteroatoms. The predicted molar refractivity (Wildman–Crippen MR) is 82.3 cm³/mol. The van der Waals surface area contributed by atoms with Gasteiger partial charge in [0.2, 0.25) is 5.91 Å². The Morgan fingerprint density at radius 1 is 1.29 bits per heavy atom. The van der Waals surface area contributed by atoms with Crippen molar-refractivity contribution >= 4 is 5.91 Å². The first kappa shape index (κ1) is 16.0. The molecule has 0 radical (unpaired) electrons. The molecule has 1 aromatic heterocycles. The number of amides is 1. The number of aromatic nitrogens is 2. The highest BCUT2D eigenvalue weighted by atomic mass is 16.5. The molecule has 5 nitrogen and oxygen atoms in total. The van der Waals surface area contributed by atoms with Crippen LogP contribution in [0, 0.1) is 13.8 Å². The zero-order valence-electron chi connectivity index (χ0n) is 13.8. The van der Waals surface area contributed by atoms with Gasteiger partial charge in [0.15, 0.2) is 0 Å². The lowest BCUT2D eigenvalue weighted by atomic mass is 10.1. The van der Waals surface area contributed by atoms with Crippen LogP contribution in [0.25, 0.3) is 0 Å². The van der Waals surface area contributed by atoms with Crippen LogP contribution >= 0.6 is 0 Å². The fourth-order valence-electron chi connectivity index (χ4n) is 3.18. The second-order valence-corrected chi connectivity index (χ2v) is 6.02. The van der Waals surface area contributed by atoms with Crippen LogP contribution in [0.3, 0.4) is 0 Å². The van der Waals surface area contributed by atoms with Crippen molar-refractivity contribution in [3.63, 3.8) is 0 Å². The van der Waals surface area contributed by atoms with E-state index in [0.717, 1.165) is 18.7 Å². The van der Waals surface area contributed by atoms with Crippen molar-refractivity contribution in [3.8, 4) is 0 Å². The molecular weight excluding hydrogens is 266 g/mol. The van der Waals surface area contributed by atoms with Gasteiger partial charge in [0.1, 0.15) is 0 Å². The molecule has 2 rings (SSSR count). The van der Waals surface area contributed by atoms with Gasteiger partial charge in [-0.05, 0) is 46.6 Å². The molecule has 1 saturated heterocycles. The van der Waals surface area contributed by atoms with Crippen LogP contribution in [-0.2, 0) is 22.5 Å². The molecular formula is C16H27N3O2. The summed E-state index contributed by atoms with van der Waals surface area (Å²) in [7, 11) is 0. The number of morpholine rings is 1. The van der Waals surface area contributed by atoms with Gasteiger partial charge in [-0.15, -0.1) is 0 Å². The van der Waals surface area contributed by atoms with Crippen LogP contribution in [0.1, 0.15) is 44.1 Å². The zero-order valence-corrected chi connectivity index (χ0v) is 13.8. The predicted octanol–water partition coefficient (Wildman–Crippen LogP) is 2.09. The Balaban J connectivity index is 1.96. The molecule has 1 fully saturated rings. The third-order valence-electron chi connectivity index (χ3n) is 4.19. The monoisotopic (exact) mass is 293 g/mol. The first-order valence-electron chi connectivity index (χ1n) is 7.88. The van der Waals surface area contributed by atoms with Gasteiger partial charge in [0.05, 0.1) is 17.9 Å². The molecule has 0 aromatic carbocycles. The molecule has 2 unspecified atom stereocenters. The quantitative estimate of drug-likeness (QED) is 0.854. The van der Waals surface area contributed by atoms with E-state index in [1.54, 1.807) is 0 Å². The van der Waals surface area contributed by atoms with Crippen molar-refractivity contribution in [1.82, 2.24) is 14.7 Å². The number of nitrogens with zero attached hydrogens (tertiary/aromatic N) is 3. The summed E-state index contributed by atoms with van der Waals surface area (Å²) in [6, 6.07) is 0. The summed E-state index contributed by atoms with van der Waals surface area (Å²) in [4.78, 5) is 14.3. The van der Waals surface area contributed by atoms with Gasteiger partial charge in [-0.3, -0.25) is 9.48 Å². The molecule has 21 heavy (non-hydrogen) atoms. The van der Waals surface area contributed by atoms with E-state index < -0.39 is 0 Å². The molecule has 1 aromatic rings. The van der Waals surface area contributed by atoms with E-state index >= 15 is 0 Å². The summed E-state index contributed by atoms with van der Waals surface area (Å²) < 4.78 is 7.69. The van der Waals surface area contributed by atoms with Crippen LogP contribution in [0.4, 0.5) is 0 Å². The Labute approximate surface area is 127 Å². The summed E-state index contributed by atoms with van der Waals surface area (Å²) in [6.45, 7) is 12.5. The average Bonchev–Trinajstić information content (AvgIpc) is 2.69. The number of hydrogen-bond donors (Lipinski definition) is 0. The standard InChI is InChI=1S/C16H27N3O2/c1-6-19-14(5)15(13(4)17-19)7-8-16(20)18-9-11(2)21-12(3)10-18/h11-12H,6-10H2,1-5H3. The number of rotatable bonds is 4. The first-order valence-corrected chi connectivity index (χ1v) is 7.88. The summed E-state index contributed by atoms with van der Waals surface area (Å²) >= 11 is 0. The Hall–Kier alpha value is -1.36. The van der Waals surface area contributed by atoms with Crippen molar-refractivity contribution in [2.75, 3.05) is 13.1 Å². The maximum atomic E-state index is 12.4. The highest BCUT2D eigenvalue weighted by molar-refractivity contribution is 5.76. The van der Waals surface area contributed by atoms with Crippen LogP contribution in [-0.4, -0.2) is 45.9 Å². The van der Waals surface area contributed by atoms with Gasteiger partial charge in [0.25, 0.3) is 0 Å². The van der Waals surface area contributed by atoms with Crippen LogP contribution in [0.2, 0.25) is 0 Å². The molecule has 1 aliphatic rings. The number of ether oxygens (including phenoxy) is 1. The van der Waals surface area contributed by atoms with Crippen molar-refractivity contribution in [2.24, 2.45) is 0 Å². The van der Waals surface area contributed by atoms with E-state index in [4.69, 9.17) is 4.74 Å². The van der Waals surface area contributed by atoms with Gasteiger partial charge in [0, 0.05) is 31.7 Å². The lowest BCUT2D eigenvalue weighted by molar-refractivity contribution is -0.143. The molecule has 0 N–H and O–H groups in total. The number of carbonyl (C=O) groups is 1. The van der Waals surface area contributed by atoms with Crippen molar-refractivity contribution in [1.29, 1.82) is 0 Å². The lowest BCUT2D eigenvalue weighted by Crippen LogP contribution is -2.48. The topological polar surface area (TPSA) is 47.4 Å². The Morgan fingerprint density at radius 2 is 1.90 bits per heavy atom. The third kappa shape index (κ3) is 3.64. The van der Waals surface area contributed by atoms with Crippen molar-refractivity contribution < 1.29 is 9.53 Å². The Morgan fingerprint density at radius 3 is 2.43 bits per heavy atom. The fraction of sp³-hybridized carbons (Fsp3) is 0.750. The molecule has 0 bridgehead atoms. The molecule has 118 valence electrons. The fourth-order valence-corrected chi connectivity index (χ4v) is 3.18. The summed E-state index contributed by atoms with van der Waals surface area (Å²) in [6.07, 6.45) is 1.58. The minimum atomic E-state index is 0.129. The molecule has 1 aliphatic heterocycles. The maximum Gasteiger partial charge on any atom is 0.223 e. The van der Waals surface area contributed by atoms with E-state index in [1.165, 1.54) is 11.3 Å². The zero-order chi connectivity index (χ0) is 15.6. The Bertz CT molecular complexity index is 500. The average molecular weight is 293 g/mol. The number of aryl methyl sites for hydroxylation is 2. The highest BCUT2D eigenvalue weighted by Crippen LogP contribution is 2.17. The minimum Gasteiger partial charge on any atom is -0.372 e. The van der Waals surface area contributed by atoms with Gasteiger partial charge in [-0.1, -0.05) is 0 Å². The second kappa shape index (κ2) is 6.60. The van der Waals surface area contributed by atoms with Gasteiger partial charge in [-0.2, -0.15) is 5.10 Å². The van der Waals surface area contributed by atoms with Crippen molar-refractivity contribution in [3.05, 3.63) is 17.0 Å². The third-order valence-corrected chi connectivity index (χ3v) is 4.19. The van der Waals surface area contributed by atoms with E-state index in [0.29, 0.717) is 19.5 Å². The SMILES string of the molecule is CCn1nc(C)c(CCC(=O)N2CC(C)OC(C)C2)c1C. The van der Waals surface area contributed by atoms with Gasteiger partial charge >= 0.3 is 0 Å². The molecule has 1 amide bonds. The smallest absolute Gasteiger partial charge is 0.223 e. The van der Waals surface area contributed by atoms with Crippen LogP contribution in [0.15, 0.2) is 0 Å². The minimum absolute atomic E-state index is 0.129. The van der Waals surface area contributed by atoms with E-state index in [1.807, 2.05) is 30.4 Å². The van der Waals surface area contributed by atoms with Crippen molar-refractivity contribution in [2.45, 2.75) is 66.2 Å². The van der Waals surface area contributed by atoms with Gasteiger partial charge in [-0.25, -0.2) is 0 Å². The molecule has 0 saturated carbocycles. The van der Waals surface area contributed by atoms with E-state index in [2.05, 4.69) is 18.9 Å². The maximum absolute atomic E-state index is 12.4.